The zero-order valence-corrected chi connectivity index (χ0v) is 12.1. The predicted octanol–water partition coefficient (Wildman–Crippen LogP) is 3.93. The topological polar surface area (TPSA) is 29.3 Å². The first-order valence-corrected chi connectivity index (χ1v) is 7.10. The van der Waals surface area contributed by atoms with Gasteiger partial charge in [0.1, 0.15) is 0 Å². The lowest BCUT2D eigenvalue weighted by atomic mass is 9.85. The Kier molecular flexibility index (Phi) is 4.18. The number of nitrogens with zero attached hydrogens (tertiary/aromatic N) is 1. The van der Waals surface area contributed by atoms with Crippen LogP contribution in [-0.4, -0.2) is 18.0 Å². The lowest BCUT2D eigenvalue weighted by Crippen LogP contribution is -2.25. The molecule has 3 heteroatoms. The second-order valence-corrected chi connectivity index (χ2v) is 6.56. The maximum atomic E-state index is 5.95. The fourth-order valence-electron chi connectivity index (χ4n) is 2.59. The molecule has 0 radical (unpaired) electrons. The van der Waals surface area contributed by atoms with Crippen molar-refractivity contribution in [2.75, 3.05) is 18.8 Å². The van der Waals surface area contributed by atoms with E-state index in [0.29, 0.717) is 16.1 Å². The minimum Gasteiger partial charge on any atom is -0.398 e. The van der Waals surface area contributed by atoms with E-state index in [-0.39, 0.29) is 0 Å². The molecular weight excluding hydrogens is 244 g/mol. The van der Waals surface area contributed by atoms with Gasteiger partial charge in [0.15, 0.2) is 0 Å². The maximum Gasteiger partial charge on any atom is 0.0635 e. The quantitative estimate of drug-likeness (QED) is 0.822. The fraction of sp³-hybridized carbons (Fsp3) is 0.600. The highest BCUT2D eigenvalue weighted by molar-refractivity contribution is 6.33. The normalized spacial score (nSPS) is 20.6. The van der Waals surface area contributed by atoms with Crippen LogP contribution in [0.3, 0.4) is 0 Å². The van der Waals surface area contributed by atoms with Crippen molar-refractivity contribution in [2.24, 2.45) is 5.41 Å². The molecule has 1 aromatic carbocycles. The standard InChI is InChI=1S/C15H23ClN2/c1-15(2)6-3-8-18(9-7-15)11-12-4-5-13(16)14(17)10-12/h4-5,10H,3,6-9,11,17H2,1-2H3. The van der Waals surface area contributed by atoms with Crippen molar-refractivity contribution >= 4 is 17.3 Å². The van der Waals surface area contributed by atoms with E-state index in [2.05, 4.69) is 24.8 Å². The van der Waals surface area contributed by atoms with Gasteiger partial charge in [0.2, 0.25) is 0 Å². The van der Waals surface area contributed by atoms with Gasteiger partial charge in [0.25, 0.3) is 0 Å². The first-order valence-electron chi connectivity index (χ1n) is 6.73. The largest absolute Gasteiger partial charge is 0.398 e. The molecule has 0 atom stereocenters. The Labute approximate surface area is 115 Å². The number of nitrogen functional groups attached to an aromatic ring is 1. The van der Waals surface area contributed by atoms with Crippen LogP contribution in [0.5, 0.6) is 0 Å². The van der Waals surface area contributed by atoms with Gasteiger partial charge >= 0.3 is 0 Å². The van der Waals surface area contributed by atoms with Gasteiger partial charge in [-0.25, -0.2) is 0 Å². The first-order chi connectivity index (χ1) is 8.46. The van der Waals surface area contributed by atoms with Crippen LogP contribution < -0.4 is 5.73 Å². The number of benzene rings is 1. The highest BCUT2D eigenvalue weighted by Crippen LogP contribution is 2.30. The van der Waals surface area contributed by atoms with Gasteiger partial charge < -0.3 is 5.73 Å². The Morgan fingerprint density at radius 3 is 2.78 bits per heavy atom. The molecule has 1 fully saturated rings. The number of anilines is 1. The molecule has 0 saturated carbocycles. The fourth-order valence-corrected chi connectivity index (χ4v) is 2.70. The lowest BCUT2D eigenvalue weighted by molar-refractivity contribution is 0.256. The third-order valence-electron chi connectivity index (χ3n) is 3.90. The van der Waals surface area contributed by atoms with Crippen molar-refractivity contribution in [1.82, 2.24) is 4.90 Å². The summed E-state index contributed by atoms with van der Waals surface area (Å²) in [6.45, 7) is 8.09. The SMILES string of the molecule is CC1(C)CCCN(Cc2ccc(Cl)c(N)c2)CC1. The van der Waals surface area contributed by atoms with Gasteiger partial charge in [0.05, 0.1) is 10.7 Å². The van der Waals surface area contributed by atoms with Crippen LogP contribution in [0.1, 0.15) is 38.7 Å². The number of halogens is 1. The zero-order valence-electron chi connectivity index (χ0n) is 11.4. The smallest absolute Gasteiger partial charge is 0.0635 e. The Balaban J connectivity index is 1.98. The van der Waals surface area contributed by atoms with Crippen molar-refractivity contribution in [3.63, 3.8) is 0 Å². The van der Waals surface area contributed by atoms with E-state index in [1.807, 2.05) is 12.1 Å². The third-order valence-corrected chi connectivity index (χ3v) is 4.24. The van der Waals surface area contributed by atoms with Crippen LogP contribution in [0.4, 0.5) is 5.69 Å². The molecule has 0 unspecified atom stereocenters. The molecule has 1 saturated heterocycles. The molecule has 0 amide bonds. The molecule has 1 aromatic rings. The minimum absolute atomic E-state index is 0.494. The van der Waals surface area contributed by atoms with Crippen LogP contribution in [0.25, 0.3) is 0 Å². The maximum absolute atomic E-state index is 5.95. The van der Waals surface area contributed by atoms with Crippen molar-refractivity contribution in [2.45, 2.75) is 39.7 Å². The van der Waals surface area contributed by atoms with Crippen molar-refractivity contribution in [3.05, 3.63) is 28.8 Å². The van der Waals surface area contributed by atoms with Gasteiger partial charge in [-0.05, 0) is 55.5 Å². The average molecular weight is 267 g/mol. The van der Waals surface area contributed by atoms with Crippen LogP contribution in [-0.2, 0) is 6.54 Å². The molecule has 0 spiro atoms. The number of rotatable bonds is 2. The Hall–Kier alpha value is -0.730. The number of nitrogens with two attached hydrogens (primary N) is 1. The lowest BCUT2D eigenvalue weighted by Gasteiger charge is -2.23. The number of likely N-dealkylation sites (tertiary alicyclic amines) is 1. The van der Waals surface area contributed by atoms with Gasteiger partial charge in [-0.3, -0.25) is 4.90 Å². The highest BCUT2D eigenvalue weighted by Gasteiger charge is 2.22. The van der Waals surface area contributed by atoms with E-state index in [1.54, 1.807) is 0 Å². The molecule has 2 N–H and O–H groups in total. The summed E-state index contributed by atoms with van der Waals surface area (Å²) in [4.78, 5) is 2.53. The minimum atomic E-state index is 0.494. The Morgan fingerprint density at radius 2 is 2.06 bits per heavy atom. The van der Waals surface area contributed by atoms with Gasteiger partial charge in [-0.15, -0.1) is 0 Å². The molecule has 2 rings (SSSR count). The second-order valence-electron chi connectivity index (χ2n) is 6.15. The summed E-state index contributed by atoms with van der Waals surface area (Å²) >= 11 is 5.95. The van der Waals surface area contributed by atoms with Gasteiger partial charge in [-0.1, -0.05) is 31.5 Å². The second kappa shape index (κ2) is 5.50. The Morgan fingerprint density at radius 1 is 1.28 bits per heavy atom. The molecule has 1 aliphatic heterocycles. The molecule has 0 bridgehead atoms. The third kappa shape index (κ3) is 3.63. The zero-order chi connectivity index (χ0) is 13.2. The summed E-state index contributed by atoms with van der Waals surface area (Å²) in [6, 6.07) is 5.97. The molecule has 2 nitrogen and oxygen atoms in total. The molecule has 18 heavy (non-hydrogen) atoms. The number of hydrogen-bond donors (Lipinski definition) is 1. The summed E-state index contributed by atoms with van der Waals surface area (Å²) < 4.78 is 0. The molecule has 1 aliphatic rings. The van der Waals surface area contributed by atoms with Gasteiger partial charge in [-0.2, -0.15) is 0 Å². The molecule has 1 heterocycles. The highest BCUT2D eigenvalue weighted by atomic mass is 35.5. The molecule has 0 aliphatic carbocycles. The summed E-state index contributed by atoms with van der Waals surface area (Å²) in [7, 11) is 0. The summed E-state index contributed by atoms with van der Waals surface area (Å²) in [5, 5.41) is 0.649. The van der Waals surface area contributed by atoms with Crippen molar-refractivity contribution in [1.29, 1.82) is 0 Å². The van der Waals surface area contributed by atoms with Crippen LogP contribution in [0.15, 0.2) is 18.2 Å². The summed E-state index contributed by atoms with van der Waals surface area (Å²) in [6.07, 6.45) is 3.89. The van der Waals surface area contributed by atoms with E-state index >= 15 is 0 Å². The van der Waals surface area contributed by atoms with Crippen LogP contribution in [0.2, 0.25) is 5.02 Å². The van der Waals surface area contributed by atoms with Crippen molar-refractivity contribution < 1.29 is 0 Å². The van der Waals surface area contributed by atoms with Crippen LogP contribution in [0, 0.1) is 5.41 Å². The van der Waals surface area contributed by atoms with E-state index in [0.717, 1.165) is 6.54 Å². The number of hydrogen-bond acceptors (Lipinski definition) is 2. The van der Waals surface area contributed by atoms with E-state index in [4.69, 9.17) is 17.3 Å². The molecule has 100 valence electrons. The Bertz CT molecular complexity index is 415. The monoisotopic (exact) mass is 266 g/mol. The average Bonchev–Trinajstić information content (AvgIpc) is 2.46. The summed E-state index contributed by atoms with van der Waals surface area (Å²) in [5.74, 6) is 0. The van der Waals surface area contributed by atoms with E-state index in [9.17, 15) is 0 Å². The summed E-state index contributed by atoms with van der Waals surface area (Å²) in [5.41, 5.74) is 8.29. The van der Waals surface area contributed by atoms with E-state index in [1.165, 1.54) is 37.9 Å². The van der Waals surface area contributed by atoms with Crippen molar-refractivity contribution in [3.8, 4) is 0 Å². The molecule has 0 aromatic heterocycles. The van der Waals surface area contributed by atoms with E-state index < -0.39 is 0 Å². The first kappa shape index (κ1) is 13.7. The molecular formula is C15H23ClN2. The van der Waals surface area contributed by atoms with Gasteiger partial charge in [0, 0.05) is 6.54 Å². The predicted molar refractivity (Wildman–Crippen MR) is 78.8 cm³/mol. The van der Waals surface area contributed by atoms with Crippen LogP contribution >= 0.6 is 11.6 Å².